The van der Waals surface area contributed by atoms with E-state index in [0.29, 0.717) is 0 Å². The van der Waals surface area contributed by atoms with E-state index in [9.17, 15) is 4.39 Å². The Morgan fingerprint density at radius 1 is 1.15 bits per heavy atom. The van der Waals surface area contributed by atoms with E-state index >= 15 is 0 Å². The summed E-state index contributed by atoms with van der Waals surface area (Å²) in [5.41, 5.74) is 2.09. The first-order valence-electron chi connectivity index (χ1n) is 7.68. The summed E-state index contributed by atoms with van der Waals surface area (Å²) in [7, 11) is 0. The van der Waals surface area contributed by atoms with E-state index in [1.54, 1.807) is 12.1 Å². The van der Waals surface area contributed by atoms with Gasteiger partial charge in [-0.25, -0.2) is 4.39 Å². The van der Waals surface area contributed by atoms with Gasteiger partial charge in [0.05, 0.1) is 0 Å². The van der Waals surface area contributed by atoms with Crippen molar-refractivity contribution < 1.29 is 4.39 Å². The molecule has 0 amide bonds. The lowest BCUT2D eigenvalue weighted by Gasteiger charge is -2.20. The first-order valence-corrected chi connectivity index (χ1v) is 7.68. The number of nitrogens with one attached hydrogen (secondary N) is 1. The van der Waals surface area contributed by atoms with Gasteiger partial charge >= 0.3 is 0 Å². The molecule has 0 aromatic heterocycles. The van der Waals surface area contributed by atoms with Gasteiger partial charge in [0.15, 0.2) is 0 Å². The predicted octanol–water partition coefficient (Wildman–Crippen LogP) is 3.31. The van der Waals surface area contributed by atoms with Crippen molar-refractivity contribution in [2.75, 3.05) is 26.2 Å². The molecular weight excluding hydrogens is 251 g/mol. The van der Waals surface area contributed by atoms with Crippen LogP contribution in [0.2, 0.25) is 0 Å². The van der Waals surface area contributed by atoms with Gasteiger partial charge in [0.2, 0.25) is 0 Å². The molecule has 0 saturated carbocycles. The molecule has 112 valence electrons. The number of likely N-dealkylation sites (tertiary alicyclic amines) is 1. The van der Waals surface area contributed by atoms with Crippen LogP contribution in [0.3, 0.4) is 0 Å². The van der Waals surface area contributed by atoms with E-state index in [-0.39, 0.29) is 11.2 Å². The van der Waals surface area contributed by atoms with E-state index in [2.05, 4.69) is 37.1 Å². The highest BCUT2D eigenvalue weighted by Gasteiger charge is 2.15. The van der Waals surface area contributed by atoms with Crippen LogP contribution in [-0.2, 0) is 12.0 Å². The maximum atomic E-state index is 13.7. The van der Waals surface area contributed by atoms with Crippen LogP contribution in [0.15, 0.2) is 18.2 Å². The van der Waals surface area contributed by atoms with Crippen molar-refractivity contribution in [3.05, 3.63) is 35.1 Å². The van der Waals surface area contributed by atoms with Crippen molar-refractivity contribution >= 4 is 0 Å². The zero-order valence-electron chi connectivity index (χ0n) is 13.0. The fourth-order valence-electron chi connectivity index (χ4n) is 2.66. The minimum atomic E-state index is -0.131. The smallest absolute Gasteiger partial charge is 0.123 e. The van der Waals surface area contributed by atoms with Crippen molar-refractivity contribution in [3.63, 3.8) is 0 Å². The molecule has 0 radical (unpaired) electrons. The lowest BCUT2D eigenvalue weighted by molar-refractivity contribution is 0.335. The molecule has 0 aliphatic carbocycles. The zero-order valence-corrected chi connectivity index (χ0v) is 13.0. The van der Waals surface area contributed by atoms with Gasteiger partial charge in [-0.2, -0.15) is 0 Å². The standard InChI is InChI=1S/C17H27FN2/c1-17(2,3)15-10-14(11-16(18)12-15)13-19-6-9-20-7-4-5-8-20/h10-12,19H,4-9,13H2,1-3H3. The Kier molecular flexibility index (Phi) is 5.17. The molecule has 0 atom stereocenters. The van der Waals surface area contributed by atoms with Crippen molar-refractivity contribution in [1.82, 2.24) is 10.2 Å². The summed E-state index contributed by atoms with van der Waals surface area (Å²) >= 11 is 0. The van der Waals surface area contributed by atoms with Crippen molar-refractivity contribution in [2.45, 2.75) is 45.6 Å². The number of benzene rings is 1. The highest BCUT2D eigenvalue weighted by Crippen LogP contribution is 2.24. The average molecular weight is 278 g/mol. The van der Waals surface area contributed by atoms with Crippen molar-refractivity contribution in [3.8, 4) is 0 Å². The van der Waals surface area contributed by atoms with Crippen LogP contribution in [0, 0.1) is 5.82 Å². The molecule has 0 spiro atoms. The summed E-state index contributed by atoms with van der Waals surface area (Å²) in [6.07, 6.45) is 2.66. The molecule has 1 aliphatic heterocycles. The third-order valence-corrected chi connectivity index (χ3v) is 3.96. The Morgan fingerprint density at radius 3 is 2.50 bits per heavy atom. The fourth-order valence-corrected chi connectivity index (χ4v) is 2.66. The summed E-state index contributed by atoms with van der Waals surface area (Å²) < 4.78 is 13.7. The maximum Gasteiger partial charge on any atom is 0.123 e. The van der Waals surface area contributed by atoms with Gasteiger partial charge in [-0.3, -0.25) is 0 Å². The molecule has 1 N–H and O–H groups in total. The average Bonchev–Trinajstić information content (AvgIpc) is 2.86. The topological polar surface area (TPSA) is 15.3 Å². The summed E-state index contributed by atoms with van der Waals surface area (Å²) in [6, 6.07) is 5.40. The molecule has 0 unspecified atom stereocenters. The van der Waals surface area contributed by atoms with Gasteiger partial charge in [-0.1, -0.05) is 26.8 Å². The SMILES string of the molecule is CC(C)(C)c1cc(F)cc(CNCCN2CCCC2)c1. The van der Waals surface area contributed by atoms with Crippen LogP contribution in [0.4, 0.5) is 4.39 Å². The molecule has 2 rings (SSSR count). The molecule has 1 heterocycles. The number of halogens is 1. The Balaban J connectivity index is 1.84. The molecule has 0 bridgehead atoms. The zero-order chi connectivity index (χ0) is 14.6. The fraction of sp³-hybridized carbons (Fsp3) is 0.647. The van der Waals surface area contributed by atoms with Crippen molar-refractivity contribution in [1.29, 1.82) is 0 Å². The third kappa shape index (κ3) is 4.57. The molecule has 1 aliphatic rings. The highest BCUT2D eigenvalue weighted by molar-refractivity contribution is 5.29. The van der Waals surface area contributed by atoms with Gasteiger partial charge in [-0.15, -0.1) is 0 Å². The van der Waals surface area contributed by atoms with Gasteiger partial charge in [0, 0.05) is 19.6 Å². The molecule has 20 heavy (non-hydrogen) atoms. The summed E-state index contributed by atoms with van der Waals surface area (Å²) in [5.74, 6) is -0.131. The molecule has 1 aromatic rings. The van der Waals surface area contributed by atoms with Gasteiger partial charge in [0.25, 0.3) is 0 Å². The quantitative estimate of drug-likeness (QED) is 0.831. The van der Waals surface area contributed by atoms with Gasteiger partial charge < -0.3 is 10.2 Å². The predicted molar refractivity (Wildman–Crippen MR) is 82.5 cm³/mol. The molecule has 1 fully saturated rings. The number of hydrogen-bond donors (Lipinski definition) is 1. The lowest BCUT2D eigenvalue weighted by atomic mass is 9.86. The van der Waals surface area contributed by atoms with Crippen LogP contribution in [-0.4, -0.2) is 31.1 Å². The Hall–Kier alpha value is -0.930. The molecule has 2 nitrogen and oxygen atoms in total. The van der Waals surface area contributed by atoms with Crippen LogP contribution >= 0.6 is 0 Å². The highest BCUT2D eigenvalue weighted by atomic mass is 19.1. The monoisotopic (exact) mass is 278 g/mol. The first-order chi connectivity index (χ1) is 9.45. The lowest BCUT2D eigenvalue weighted by Crippen LogP contribution is -2.29. The second kappa shape index (κ2) is 6.68. The van der Waals surface area contributed by atoms with Crippen LogP contribution in [0.25, 0.3) is 0 Å². The van der Waals surface area contributed by atoms with E-state index in [4.69, 9.17) is 0 Å². The summed E-state index contributed by atoms with van der Waals surface area (Å²) in [4.78, 5) is 2.49. The molecule has 3 heteroatoms. The summed E-state index contributed by atoms with van der Waals surface area (Å²) in [5, 5.41) is 3.43. The second-order valence-electron chi connectivity index (χ2n) is 6.82. The van der Waals surface area contributed by atoms with Crippen LogP contribution in [0.5, 0.6) is 0 Å². The normalized spacial score (nSPS) is 16.8. The number of rotatable bonds is 5. The van der Waals surface area contributed by atoms with E-state index in [0.717, 1.165) is 30.8 Å². The second-order valence-corrected chi connectivity index (χ2v) is 6.82. The Bertz CT molecular complexity index is 431. The molecular formula is C17H27FN2. The third-order valence-electron chi connectivity index (χ3n) is 3.96. The summed E-state index contributed by atoms with van der Waals surface area (Å²) in [6.45, 7) is 11.6. The molecule has 1 saturated heterocycles. The first kappa shape index (κ1) is 15.5. The van der Waals surface area contributed by atoms with E-state index in [1.165, 1.54) is 25.9 Å². The van der Waals surface area contributed by atoms with Crippen LogP contribution < -0.4 is 5.32 Å². The largest absolute Gasteiger partial charge is 0.311 e. The van der Waals surface area contributed by atoms with E-state index in [1.807, 2.05) is 0 Å². The number of nitrogens with zero attached hydrogens (tertiary/aromatic N) is 1. The molecule has 1 aromatic carbocycles. The van der Waals surface area contributed by atoms with Gasteiger partial charge in [0.1, 0.15) is 5.82 Å². The minimum Gasteiger partial charge on any atom is -0.311 e. The van der Waals surface area contributed by atoms with Gasteiger partial charge in [-0.05, 0) is 54.6 Å². The van der Waals surface area contributed by atoms with E-state index < -0.39 is 0 Å². The maximum absolute atomic E-state index is 13.7. The Morgan fingerprint density at radius 2 is 1.85 bits per heavy atom. The minimum absolute atomic E-state index is 0.00754. The van der Waals surface area contributed by atoms with Crippen molar-refractivity contribution in [2.24, 2.45) is 0 Å². The van der Waals surface area contributed by atoms with Crippen LogP contribution in [0.1, 0.15) is 44.7 Å². The number of hydrogen-bond acceptors (Lipinski definition) is 2. The Labute approximate surface area is 122 Å².